The molecule has 106 valence electrons. The van der Waals surface area contributed by atoms with Gasteiger partial charge in [-0.1, -0.05) is 19.4 Å². The van der Waals surface area contributed by atoms with Crippen LogP contribution in [0, 0.1) is 11.3 Å². The molecular formula is C17H22N2O. The molecule has 0 N–H and O–H groups in total. The number of pyridine rings is 1. The third-order valence-electron chi connectivity index (χ3n) is 3.71. The smallest absolute Gasteiger partial charge is 0.102 e. The van der Waals surface area contributed by atoms with Crippen LogP contribution in [0.1, 0.15) is 43.0 Å². The highest BCUT2D eigenvalue weighted by molar-refractivity contribution is 5.67. The molecule has 0 aliphatic carbocycles. The van der Waals surface area contributed by atoms with Crippen molar-refractivity contribution in [2.24, 2.45) is 0 Å². The van der Waals surface area contributed by atoms with Crippen molar-refractivity contribution in [2.45, 2.75) is 39.0 Å². The monoisotopic (exact) mass is 270 g/mol. The largest absolute Gasteiger partial charge is 0.385 e. The van der Waals surface area contributed by atoms with E-state index in [1.807, 2.05) is 18.2 Å². The summed E-state index contributed by atoms with van der Waals surface area (Å²) in [4.78, 5) is 0. The minimum Gasteiger partial charge on any atom is -0.385 e. The number of nitriles is 1. The zero-order chi connectivity index (χ0) is 14.4. The quantitative estimate of drug-likeness (QED) is 0.719. The van der Waals surface area contributed by atoms with Crippen LogP contribution >= 0.6 is 0 Å². The molecule has 2 rings (SSSR count). The maximum atomic E-state index is 9.52. The van der Waals surface area contributed by atoms with Crippen molar-refractivity contribution in [3.8, 4) is 6.07 Å². The second-order valence-corrected chi connectivity index (χ2v) is 5.07. The first-order valence-corrected chi connectivity index (χ1v) is 7.33. The number of hydrogen-bond donors (Lipinski definition) is 0. The Morgan fingerprint density at radius 3 is 2.80 bits per heavy atom. The minimum absolute atomic E-state index is 0.740. The number of aryl methyl sites for hydroxylation is 1. The van der Waals surface area contributed by atoms with Gasteiger partial charge in [-0.25, -0.2) is 0 Å². The molecule has 0 fully saturated rings. The third kappa shape index (κ3) is 2.86. The van der Waals surface area contributed by atoms with E-state index in [1.165, 1.54) is 17.7 Å². The maximum Gasteiger partial charge on any atom is 0.102 e. The van der Waals surface area contributed by atoms with Gasteiger partial charge in [0.2, 0.25) is 0 Å². The number of hydrogen-bond acceptors (Lipinski definition) is 2. The third-order valence-corrected chi connectivity index (χ3v) is 3.71. The normalized spacial score (nSPS) is 10.8. The number of nitrogens with zero attached hydrogens (tertiary/aromatic N) is 2. The first-order valence-electron chi connectivity index (χ1n) is 7.33. The maximum absolute atomic E-state index is 9.52. The summed E-state index contributed by atoms with van der Waals surface area (Å²) in [5, 5.41) is 9.52. The average molecular weight is 270 g/mol. The van der Waals surface area contributed by atoms with Crippen LogP contribution in [0.15, 0.2) is 24.4 Å². The fourth-order valence-corrected chi connectivity index (χ4v) is 2.73. The highest BCUT2D eigenvalue weighted by atomic mass is 16.5. The summed E-state index contributed by atoms with van der Waals surface area (Å²) in [6.45, 7) is 2.94. The molecule has 0 atom stereocenters. The van der Waals surface area contributed by atoms with Gasteiger partial charge < -0.3 is 9.14 Å². The summed E-state index contributed by atoms with van der Waals surface area (Å²) in [6, 6.07) is 8.47. The van der Waals surface area contributed by atoms with Crippen LogP contribution in [0.3, 0.4) is 0 Å². The van der Waals surface area contributed by atoms with Gasteiger partial charge in [0, 0.05) is 25.6 Å². The van der Waals surface area contributed by atoms with Gasteiger partial charge in [0.05, 0.1) is 11.1 Å². The van der Waals surface area contributed by atoms with Crippen LogP contribution in [-0.4, -0.2) is 18.1 Å². The lowest BCUT2D eigenvalue weighted by Crippen LogP contribution is -1.99. The van der Waals surface area contributed by atoms with Gasteiger partial charge in [-0.05, 0) is 43.4 Å². The number of methoxy groups -OCH3 is 1. The molecule has 0 unspecified atom stereocenters. The Balaban J connectivity index is 2.46. The standard InChI is InChI=1S/C17H22N2O/c1-3-4-9-16-14(8-7-12-20-2)15(13-18)17-10-5-6-11-19(16)17/h5-6,10-11H,3-4,7-9,12H2,1-2H3. The van der Waals surface area contributed by atoms with Crippen LogP contribution in [-0.2, 0) is 17.6 Å². The second-order valence-electron chi connectivity index (χ2n) is 5.07. The summed E-state index contributed by atoms with van der Waals surface area (Å²) in [6.07, 6.45) is 7.30. The first-order chi connectivity index (χ1) is 9.83. The molecule has 2 heterocycles. The van der Waals surface area contributed by atoms with Crippen LogP contribution in [0.5, 0.6) is 0 Å². The zero-order valence-corrected chi connectivity index (χ0v) is 12.4. The van der Waals surface area contributed by atoms with Gasteiger partial charge in [-0.15, -0.1) is 0 Å². The molecule has 0 spiro atoms. The molecule has 2 aromatic rings. The lowest BCUT2D eigenvalue weighted by Gasteiger charge is -2.06. The summed E-state index contributed by atoms with van der Waals surface area (Å²) in [5.41, 5.74) is 4.39. The molecule has 3 heteroatoms. The molecule has 0 saturated carbocycles. The average Bonchev–Trinajstić information content (AvgIpc) is 2.78. The Hall–Kier alpha value is -1.79. The Labute approximate surface area is 120 Å². The number of fused-ring (bicyclic) bond motifs is 1. The molecule has 0 aliphatic heterocycles. The number of unbranched alkanes of at least 4 members (excludes halogenated alkanes) is 1. The number of aromatic nitrogens is 1. The molecule has 0 radical (unpaired) electrons. The summed E-state index contributed by atoms with van der Waals surface area (Å²) in [5.74, 6) is 0. The molecule has 3 nitrogen and oxygen atoms in total. The van der Waals surface area contributed by atoms with Gasteiger partial charge in [-0.3, -0.25) is 0 Å². The first kappa shape index (κ1) is 14.6. The van der Waals surface area contributed by atoms with Crippen molar-refractivity contribution in [1.29, 1.82) is 5.26 Å². The van der Waals surface area contributed by atoms with Gasteiger partial charge >= 0.3 is 0 Å². The van der Waals surface area contributed by atoms with Gasteiger partial charge in [0.15, 0.2) is 0 Å². The number of ether oxygens (including phenoxy) is 1. The van der Waals surface area contributed by atoms with Crippen molar-refractivity contribution in [2.75, 3.05) is 13.7 Å². The van der Waals surface area contributed by atoms with E-state index in [-0.39, 0.29) is 0 Å². The Morgan fingerprint density at radius 2 is 2.10 bits per heavy atom. The minimum atomic E-state index is 0.740. The SMILES string of the molecule is CCCCc1c(CCCOC)c(C#N)c2ccccn12. The van der Waals surface area contributed by atoms with E-state index in [2.05, 4.69) is 23.6 Å². The van der Waals surface area contributed by atoms with Crippen molar-refractivity contribution in [3.63, 3.8) is 0 Å². The number of rotatable bonds is 7. The van der Waals surface area contributed by atoms with Crippen molar-refractivity contribution >= 4 is 5.52 Å². The van der Waals surface area contributed by atoms with Crippen molar-refractivity contribution in [1.82, 2.24) is 4.40 Å². The molecule has 0 amide bonds. The van der Waals surface area contributed by atoms with Crippen LogP contribution < -0.4 is 0 Å². The lowest BCUT2D eigenvalue weighted by atomic mass is 10.0. The van der Waals surface area contributed by atoms with Crippen molar-refractivity contribution in [3.05, 3.63) is 41.2 Å². The fraction of sp³-hybridized carbons (Fsp3) is 0.471. The highest BCUT2D eigenvalue weighted by Gasteiger charge is 2.16. The predicted molar refractivity (Wildman–Crippen MR) is 80.9 cm³/mol. The molecule has 0 bridgehead atoms. The Bertz CT molecular complexity index is 607. The van der Waals surface area contributed by atoms with E-state index in [0.717, 1.165) is 43.4 Å². The van der Waals surface area contributed by atoms with E-state index >= 15 is 0 Å². The van der Waals surface area contributed by atoms with Gasteiger partial charge in [0.25, 0.3) is 0 Å². The molecular weight excluding hydrogens is 248 g/mol. The molecule has 0 saturated heterocycles. The predicted octanol–water partition coefficient (Wildman–Crippen LogP) is 3.73. The molecule has 20 heavy (non-hydrogen) atoms. The topological polar surface area (TPSA) is 37.4 Å². The summed E-state index contributed by atoms with van der Waals surface area (Å²) >= 11 is 0. The van der Waals surface area contributed by atoms with Crippen LogP contribution in [0.25, 0.3) is 5.52 Å². The van der Waals surface area contributed by atoms with Gasteiger partial charge in [-0.2, -0.15) is 5.26 Å². The zero-order valence-electron chi connectivity index (χ0n) is 12.4. The lowest BCUT2D eigenvalue weighted by molar-refractivity contribution is 0.195. The Kier molecular flexibility index (Phi) is 5.20. The fourth-order valence-electron chi connectivity index (χ4n) is 2.73. The highest BCUT2D eigenvalue weighted by Crippen LogP contribution is 2.26. The summed E-state index contributed by atoms with van der Waals surface area (Å²) in [7, 11) is 1.72. The summed E-state index contributed by atoms with van der Waals surface area (Å²) < 4.78 is 7.33. The Morgan fingerprint density at radius 1 is 1.25 bits per heavy atom. The molecule has 2 aromatic heterocycles. The van der Waals surface area contributed by atoms with E-state index in [4.69, 9.17) is 4.74 Å². The van der Waals surface area contributed by atoms with Gasteiger partial charge in [0.1, 0.15) is 6.07 Å². The molecule has 0 aromatic carbocycles. The van der Waals surface area contributed by atoms with Crippen LogP contribution in [0.2, 0.25) is 0 Å². The van der Waals surface area contributed by atoms with Crippen LogP contribution in [0.4, 0.5) is 0 Å². The van der Waals surface area contributed by atoms with E-state index in [0.29, 0.717) is 0 Å². The van der Waals surface area contributed by atoms with Crippen molar-refractivity contribution < 1.29 is 4.74 Å². The second kappa shape index (κ2) is 7.12. The van der Waals surface area contributed by atoms with E-state index < -0.39 is 0 Å². The molecule has 0 aliphatic rings. The van der Waals surface area contributed by atoms with E-state index in [9.17, 15) is 5.26 Å². The van der Waals surface area contributed by atoms with E-state index in [1.54, 1.807) is 7.11 Å².